The highest BCUT2D eigenvalue weighted by atomic mass is 32.3. The lowest BCUT2D eigenvalue weighted by molar-refractivity contribution is -0.133. The van der Waals surface area contributed by atoms with Crippen LogP contribution in [0.15, 0.2) is 30.3 Å². The minimum Gasteiger partial charge on any atom is -0.484 e. The van der Waals surface area contributed by atoms with Crippen LogP contribution in [0, 0.1) is 0 Å². The Labute approximate surface area is 123 Å². The van der Waals surface area contributed by atoms with E-state index in [1.807, 2.05) is 6.07 Å². The first kappa shape index (κ1) is 15.7. The number of halogens is 1. The molecule has 1 amide bonds. The van der Waals surface area contributed by atoms with Gasteiger partial charge in [-0.3, -0.25) is 4.79 Å². The number of para-hydroxylation sites is 1. The largest absolute Gasteiger partial charge is 0.484 e. The normalized spacial score (nSPS) is 17.3. The average Bonchev–Trinajstić information content (AvgIpc) is 2.71. The van der Waals surface area contributed by atoms with Gasteiger partial charge in [0.05, 0.1) is 0 Å². The maximum absolute atomic E-state index is 12.9. The zero-order chi connectivity index (χ0) is 15.3. The predicted octanol–water partition coefficient (Wildman–Crippen LogP) is 0.814. The fourth-order valence-corrected chi connectivity index (χ4v) is 2.76. The molecule has 1 aliphatic rings. The second-order valence-corrected chi connectivity index (χ2v) is 6.02. The maximum atomic E-state index is 12.9. The number of hydrogen-bond donors (Lipinski definition) is 0. The quantitative estimate of drug-likeness (QED) is 0.771. The second-order valence-electron chi connectivity index (χ2n) is 4.68. The minimum absolute atomic E-state index is 0.0318. The van der Waals surface area contributed by atoms with Crippen LogP contribution >= 0.6 is 0 Å². The van der Waals surface area contributed by atoms with E-state index in [0.717, 1.165) is 4.31 Å². The molecule has 0 radical (unpaired) electrons. The molecule has 1 fully saturated rings. The van der Waals surface area contributed by atoms with Gasteiger partial charge in [0.15, 0.2) is 6.61 Å². The number of rotatable bonds is 4. The molecule has 0 aliphatic carbocycles. The molecule has 0 spiro atoms. The fraction of sp³-hybridized carbons (Fsp3) is 0.462. The van der Waals surface area contributed by atoms with Crippen LogP contribution in [-0.2, 0) is 15.2 Å². The third-order valence-corrected chi connectivity index (χ3v) is 4.20. The molecule has 0 saturated carbocycles. The third-order valence-electron chi connectivity index (χ3n) is 3.22. The lowest BCUT2D eigenvalue weighted by Crippen LogP contribution is -2.38. The number of carbonyl (C=O) groups is 1. The highest BCUT2D eigenvalue weighted by Crippen LogP contribution is 2.11. The molecule has 2 rings (SSSR count). The van der Waals surface area contributed by atoms with Crippen LogP contribution in [0.1, 0.15) is 6.42 Å². The lowest BCUT2D eigenvalue weighted by atomic mass is 10.3. The summed E-state index contributed by atoms with van der Waals surface area (Å²) in [5.41, 5.74) is 0. The van der Waals surface area contributed by atoms with Crippen LogP contribution in [0.3, 0.4) is 0 Å². The first-order valence-corrected chi connectivity index (χ1v) is 7.96. The Hall–Kier alpha value is -1.67. The van der Waals surface area contributed by atoms with Gasteiger partial charge >= 0.3 is 10.4 Å². The van der Waals surface area contributed by atoms with Gasteiger partial charge in [-0.25, -0.2) is 0 Å². The van der Waals surface area contributed by atoms with E-state index in [2.05, 4.69) is 0 Å². The van der Waals surface area contributed by atoms with E-state index in [4.69, 9.17) is 4.74 Å². The summed E-state index contributed by atoms with van der Waals surface area (Å²) < 4.78 is 40.7. The summed E-state index contributed by atoms with van der Waals surface area (Å²) in [5, 5.41) is 0. The van der Waals surface area contributed by atoms with Crippen molar-refractivity contribution >= 4 is 16.3 Å². The third kappa shape index (κ3) is 4.68. The molecule has 8 heteroatoms. The summed E-state index contributed by atoms with van der Waals surface area (Å²) in [5.74, 6) is 0.352. The van der Waals surface area contributed by atoms with E-state index in [9.17, 15) is 17.1 Å². The minimum atomic E-state index is -4.69. The van der Waals surface area contributed by atoms with Gasteiger partial charge in [-0.2, -0.15) is 12.7 Å². The molecule has 1 aliphatic heterocycles. The van der Waals surface area contributed by atoms with Crippen molar-refractivity contribution in [2.75, 3.05) is 32.8 Å². The van der Waals surface area contributed by atoms with Crippen molar-refractivity contribution in [3.05, 3.63) is 30.3 Å². The Kier molecular flexibility index (Phi) is 5.13. The maximum Gasteiger partial charge on any atom is 0.374 e. The standard InChI is InChI=1S/C13H17FN2O4S/c14-21(18,19)16-8-4-7-15(9-10-16)13(17)11-20-12-5-2-1-3-6-12/h1-3,5-6H,4,7-11H2. The summed E-state index contributed by atoms with van der Waals surface area (Å²) in [6.07, 6.45) is 0.403. The first-order chi connectivity index (χ1) is 9.97. The molecule has 6 nitrogen and oxygen atoms in total. The molecule has 1 heterocycles. The number of ether oxygens (including phenoxy) is 1. The predicted molar refractivity (Wildman–Crippen MR) is 74.7 cm³/mol. The van der Waals surface area contributed by atoms with Crippen molar-refractivity contribution in [3.63, 3.8) is 0 Å². The molecule has 1 saturated heterocycles. The van der Waals surface area contributed by atoms with Crippen LogP contribution in [0.25, 0.3) is 0 Å². The van der Waals surface area contributed by atoms with E-state index >= 15 is 0 Å². The molecule has 0 unspecified atom stereocenters. The zero-order valence-electron chi connectivity index (χ0n) is 11.4. The smallest absolute Gasteiger partial charge is 0.374 e. The Morgan fingerprint density at radius 3 is 2.52 bits per heavy atom. The molecule has 1 aromatic carbocycles. The van der Waals surface area contributed by atoms with Gasteiger partial charge in [-0.1, -0.05) is 22.1 Å². The molecule has 1 aromatic rings. The van der Waals surface area contributed by atoms with Crippen LogP contribution < -0.4 is 4.74 Å². The van der Waals surface area contributed by atoms with E-state index in [1.165, 1.54) is 4.90 Å². The van der Waals surface area contributed by atoms with E-state index in [-0.39, 0.29) is 32.1 Å². The Balaban J connectivity index is 1.86. The number of nitrogens with zero attached hydrogens (tertiary/aromatic N) is 2. The SMILES string of the molecule is O=C(COc1ccccc1)N1CCCN(S(=O)(=O)F)CC1. The summed E-state index contributed by atoms with van der Waals surface area (Å²) in [4.78, 5) is 13.5. The first-order valence-electron chi connectivity index (χ1n) is 6.62. The van der Waals surface area contributed by atoms with Gasteiger partial charge in [0.1, 0.15) is 5.75 Å². The van der Waals surface area contributed by atoms with Crippen LogP contribution in [-0.4, -0.2) is 56.3 Å². The van der Waals surface area contributed by atoms with Crippen LogP contribution in [0.2, 0.25) is 0 Å². The van der Waals surface area contributed by atoms with Gasteiger partial charge in [0.2, 0.25) is 0 Å². The highest BCUT2D eigenvalue weighted by Gasteiger charge is 2.26. The number of carbonyl (C=O) groups excluding carboxylic acids is 1. The second kappa shape index (κ2) is 6.86. The van der Waals surface area contributed by atoms with Gasteiger partial charge in [-0.15, -0.1) is 0 Å². The molecule has 21 heavy (non-hydrogen) atoms. The molecule has 0 aromatic heterocycles. The number of benzene rings is 1. The molecule has 0 bridgehead atoms. The van der Waals surface area contributed by atoms with Gasteiger partial charge in [0.25, 0.3) is 5.91 Å². The monoisotopic (exact) mass is 316 g/mol. The van der Waals surface area contributed by atoms with E-state index in [0.29, 0.717) is 18.7 Å². The van der Waals surface area contributed by atoms with Crippen molar-refractivity contribution in [2.45, 2.75) is 6.42 Å². The Morgan fingerprint density at radius 1 is 1.14 bits per heavy atom. The molecule has 116 valence electrons. The van der Waals surface area contributed by atoms with Gasteiger partial charge < -0.3 is 9.64 Å². The summed E-state index contributed by atoms with van der Waals surface area (Å²) in [7, 11) is -4.69. The average molecular weight is 316 g/mol. The number of amides is 1. The summed E-state index contributed by atoms with van der Waals surface area (Å²) in [6.45, 7) is 0.494. The van der Waals surface area contributed by atoms with Crippen molar-refractivity contribution in [3.8, 4) is 5.75 Å². The van der Waals surface area contributed by atoms with Crippen molar-refractivity contribution in [1.82, 2.24) is 9.21 Å². The summed E-state index contributed by atoms with van der Waals surface area (Å²) >= 11 is 0. The van der Waals surface area contributed by atoms with E-state index in [1.54, 1.807) is 24.3 Å². The molecular weight excluding hydrogens is 299 g/mol. The highest BCUT2D eigenvalue weighted by molar-refractivity contribution is 7.83. The summed E-state index contributed by atoms with van der Waals surface area (Å²) in [6, 6.07) is 8.93. The topological polar surface area (TPSA) is 66.9 Å². The van der Waals surface area contributed by atoms with E-state index < -0.39 is 10.4 Å². The number of hydrogen-bond acceptors (Lipinski definition) is 4. The van der Waals surface area contributed by atoms with Crippen molar-refractivity contribution in [2.24, 2.45) is 0 Å². The zero-order valence-corrected chi connectivity index (χ0v) is 12.3. The van der Waals surface area contributed by atoms with Crippen LogP contribution in [0.4, 0.5) is 3.89 Å². The van der Waals surface area contributed by atoms with Crippen LogP contribution in [0.5, 0.6) is 5.75 Å². The fourth-order valence-electron chi connectivity index (χ4n) is 2.11. The lowest BCUT2D eigenvalue weighted by Gasteiger charge is -2.20. The molecule has 0 N–H and O–H groups in total. The Morgan fingerprint density at radius 2 is 1.86 bits per heavy atom. The Bertz CT molecular complexity index is 579. The van der Waals surface area contributed by atoms with Gasteiger partial charge in [-0.05, 0) is 18.6 Å². The van der Waals surface area contributed by atoms with Crippen molar-refractivity contribution < 1.29 is 21.8 Å². The van der Waals surface area contributed by atoms with Crippen molar-refractivity contribution in [1.29, 1.82) is 0 Å². The molecule has 0 atom stereocenters. The van der Waals surface area contributed by atoms with Gasteiger partial charge in [0, 0.05) is 26.2 Å². The molecular formula is C13H17FN2O4S.